The van der Waals surface area contributed by atoms with Crippen LogP contribution in [-0.4, -0.2) is 39.8 Å². The summed E-state index contributed by atoms with van der Waals surface area (Å²) in [6, 6.07) is 4.27. The number of hydrogen-bond acceptors (Lipinski definition) is 3. The maximum Gasteiger partial charge on any atom is 0.144 e. The third-order valence-corrected chi connectivity index (χ3v) is 3.28. The number of hydrogen-bond donors (Lipinski definition) is 2. The van der Waals surface area contributed by atoms with Crippen LogP contribution in [0.5, 0.6) is 5.75 Å². The van der Waals surface area contributed by atoms with Gasteiger partial charge in [0.2, 0.25) is 0 Å². The average molecular weight is 219 g/mol. The second kappa shape index (κ2) is 4.89. The van der Waals surface area contributed by atoms with Crippen molar-refractivity contribution in [2.24, 2.45) is 0 Å². The van der Waals surface area contributed by atoms with Crippen molar-refractivity contribution in [3.8, 4) is 5.75 Å². The Morgan fingerprint density at radius 1 is 1.56 bits per heavy atom. The fourth-order valence-corrected chi connectivity index (χ4v) is 2.34. The molecule has 0 bridgehead atoms. The molecule has 0 aliphatic carbocycles. The van der Waals surface area contributed by atoms with E-state index in [0.717, 1.165) is 30.7 Å². The van der Waals surface area contributed by atoms with Crippen LogP contribution in [0.3, 0.4) is 0 Å². The van der Waals surface area contributed by atoms with Gasteiger partial charge in [-0.25, -0.2) is 0 Å². The first-order valence-corrected chi connectivity index (χ1v) is 5.75. The molecule has 1 aliphatic heterocycles. The van der Waals surface area contributed by atoms with Gasteiger partial charge in [-0.1, -0.05) is 6.07 Å². The van der Waals surface area contributed by atoms with Crippen LogP contribution in [0.2, 0.25) is 0 Å². The molecule has 0 aromatic heterocycles. The van der Waals surface area contributed by atoms with Crippen molar-refractivity contribution >= 4 is 13.3 Å². The molecule has 3 nitrogen and oxygen atoms in total. The summed E-state index contributed by atoms with van der Waals surface area (Å²) >= 11 is 0. The van der Waals surface area contributed by atoms with Crippen LogP contribution in [0.15, 0.2) is 12.1 Å². The summed E-state index contributed by atoms with van der Waals surface area (Å²) in [5.74, 6) is 1.15. The lowest BCUT2D eigenvalue weighted by Crippen LogP contribution is -2.22. The number of rotatable bonds is 2. The maximum absolute atomic E-state index is 9.41. The van der Waals surface area contributed by atoms with Gasteiger partial charge in [0.25, 0.3) is 0 Å². The first-order valence-electron chi connectivity index (χ1n) is 5.75. The van der Waals surface area contributed by atoms with E-state index in [1.807, 2.05) is 7.85 Å². The largest absolute Gasteiger partial charge is 0.497 e. The molecule has 0 saturated heterocycles. The Labute approximate surface area is 97.2 Å². The van der Waals surface area contributed by atoms with Crippen LogP contribution in [0.1, 0.15) is 17.0 Å². The number of aliphatic hydroxyl groups is 1. The van der Waals surface area contributed by atoms with E-state index < -0.39 is 0 Å². The van der Waals surface area contributed by atoms with Gasteiger partial charge in [-0.2, -0.15) is 0 Å². The molecule has 1 atom stereocenters. The number of aliphatic hydroxyl groups excluding tert-OH is 1. The van der Waals surface area contributed by atoms with E-state index in [-0.39, 0.29) is 12.5 Å². The molecule has 0 radical (unpaired) electrons. The van der Waals surface area contributed by atoms with Crippen LogP contribution < -0.4 is 15.5 Å². The third kappa shape index (κ3) is 2.08. The van der Waals surface area contributed by atoms with Crippen LogP contribution >= 0.6 is 0 Å². The van der Waals surface area contributed by atoms with E-state index in [1.165, 1.54) is 11.1 Å². The molecule has 0 fully saturated rings. The fourth-order valence-electron chi connectivity index (χ4n) is 2.34. The standard InChI is InChI=1S/C12H18BNO2/c1-16-12-4-8-2-3-14-6-9(7-15)10(8)5-11(12)13/h4-5,9,14-15H,2-3,6-7,13H2,1H3. The molecular formula is C12H18BNO2. The molecule has 16 heavy (non-hydrogen) atoms. The van der Waals surface area contributed by atoms with Gasteiger partial charge in [0.05, 0.1) is 13.7 Å². The van der Waals surface area contributed by atoms with Crippen LogP contribution in [0.4, 0.5) is 0 Å². The fraction of sp³-hybridized carbons (Fsp3) is 0.500. The number of nitrogens with one attached hydrogen (secondary N) is 1. The van der Waals surface area contributed by atoms with Gasteiger partial charge in [-0.05, 0) is 35.6 Å². The van der Waals surface area contributed by atoms with Crippen molar-refractivity contribution < 1.29 is 9.84 Å². The second-order valence-electron chi connectivity index (χ2n) is 4.35. The zero-order valence-electron chi connectivity index (χ0n) is 9.92. The van der Waals surface area contributed by atoms with Crippen molar-refractivity contribution in [3.05, 3.63) is 23.3 Å². The first-order chi connectivity index (χ1) is 7.76. The molecule has 1 aromatic carbocycles. The van der Waals surface area contributed by atoms with Crippen LogP contribution in [0, 0.1) is 0 Å². The number of methoxy groups -OCH3 is 1. The molecule has 2 N–H and O–H groups in total. The molecule has 1 unspecified atom stereocenters. The summed E-state index contributed by atoms with van der Waals surface area (Å²) in [4.78, 5) is 0. The molecule has 1 heterocycles. The quantitative estimate of drug-likeness (QED) is 0.638. The molecule has 0 saturated carbocycles. The van der Waals surface area contributed by atoms with E-state index >= 15 is 0 Å². The van der Waals surface area contributed by atoms with Gasteiger partial charge < -0.3 is 15.2 Å². The Bertz CT molecular complexity index is 382. The van der Waals surface area contributed by atoms with E-state index in [1.54, 1.807) is 7.11 Å². The van der Waals surface area contributed by atoms with Crippen LogP contribution in [0.25, 0.3) is 0 Å². The Balaban J connectivity index is 2.45. The smallest absolute Gasteiger partial charge is 0.144 e. The molecular weight excluding hydrogens is 201 g/mol. The molecule has 86 valence electrons. The SMILES string of the molecule is Bc1cc2c(cc1OC)CCNCC2CO. The van der Waals surface area contributed by atoms with Gasteiger partial charge in [0.1, 0.15) is 13.6 Å². The van der Waals surface area contributed by atoms with E-state index in [0.29, 0.717) is 0 Å². The van der Waals surface area contributed by atoms with Crippen molar-refractivity contribution in [1.29, 1.82) is 0 Å². The number of fused-ring (bicyclic) bond motifs is 1. The lowest BCUT2D eigenvalue weighted by atomic mass is 9.86. The Morgan fingerprint density at radius 3 is 3.06 bits per heavy atom. The predicted octanol–water partition coefficient (Wildman–Crippen LogP) is -0.825. The zero-order valence-corrected chi connectivity index (χ0v) is 9.92. The molecule has 1 aromatic rings. The third-order valence-electron chi connectivity index (χ3n) is 3.28. The highest BCUT2D eigenvalue weighted by Crippen LogP contribution is 2.24. The zero-order chi connectivity index (χ0) is 11.5. The van der Waals surface area contributed by atoms with Gasteiger partial charge in [0, 0.05) is 12.5 Å². The van der Waals surface area contributed by atoms with Gasteiger partial charge >= 0.3 is 0 Å². The molecule has 0 spiro atoms. The lowest BCUT2D eigenvalue weighted by molar-refractivity contribution is 0.263. The normalized spacial score (nSPS) is 20.0. The molecule has 2 rings (SSSR count). The molecule has 4 heteroatoms. The summed E-state index contributed by atoms with van der Waals surface area (Å²) in [5.41, 5.74) is 3.71. The average Bonchev–Trinajstić information content (AvgIpc) is 2.49. The summed E-state index contributed by atoms with van der Waals surface area (Å²) < 4.78 is 5.34. The molecule has 0 amide bonds. The molecule has 1 aliphatic rings. The Morgan fingerprint density at radius 2 is 2.38 bits per heavy atom. The second-order valence-corrected chi connectivity index (χ2v) is 4.35. The summed E-state index contributed by atoms with van der Waals surface area (Å²) in [5, 5.41) is 12.8. The van der Waals surface area contributed by atoms with Crippen molar-refractivity contribution in [1.82, 2.24) is 5.32 Å². The van der Waals surface area contributed by atoms with Gasteiger partial charge in [0.15, 0.2) is 0 Å². The van der Waals surface area contributed by atoms with Crippen molar-refractivity contribution in [2.75, 3.05) is 26.8 Å². The monoisotopic (exact) mass is 219 g/mol. The maximum atomic E-state index is 9.41. The summed E-state index contributed by atoms with van der Waals surface area (Å²) in [7, 11) is 3.75. The Hall–Kier alpha value is -0.995. The van der Waals surface area contributed by atoms with E-state index in [4.69, 9.17) is 4.74 Å². The predicted molar refractivity (Wildman–Crippen MR) is 67.6 cm³/mol. The minimum absolute atomic E-state index is 0.200. The number of ether oxygens (including phenoxy) is 1. The highest BCUT2D eigenvalue weighted by atomic mass is 16.5. The minimum atomic E-state index is 0.200. The summed E-state index contributed by atoms with van der Waals surface area (Å²) in [6.45, 7) is 2.02. The highest BCUT2D eigenvalue weighted by Gasteiger charge is 2.19. The van der Waals surface area contributed by atoms with Crippen molar-refractivity contribution in [2.45, 2.75) is 12.3 Å². The topological polar surface area (TPSA) is 41.5 Å². The minimum Gasteiger partial charge on any atom is -0.497 e. The lowest BCUT2D eigenvalue weighted by Gasteiger charge is -2.17. The van der Waals surface area contributed by atoms with E-state index in [9.17, 15) is 5.11 Å². The summed E-state index contributed by atoms with van der Waals surface area (Å²) in [6.07, 6.45) is 1.00. The van der Waals surface area contributed by atoms with Crippen LogP contribution in [-0.2, 0) is 6.42 Å². The highest BCUT2D eigenvalue weighted by molar-refractivity contribution is 6.34. The van der Waals surface area contributed by atoms with Gasteiger partial charge in [-0.3, -0.25) is 0 Å². The number of benzene rings is 1. The van der Waals surface area contributed by atoms with Gasteiger partial charge in [-0.15, -0.1) is 0 Å². The van der Waals surface area contributed by atoms with Crippen molar-refractivity contribution in [3.63, 3.8) is 0 Å². The van der Waals surface area contributed by atoms with E-state index in [2.05, 4.69) is 17.4 Å². The first kappa shape index (κ1) is 11.5. The Kier molecular flexibility index (Phi) is 3.51.